The van der Waals surface area contributed by atoms with Crippen LogP contribution in [0, 0.1) is 10.4 Å². The second-order valence-corrected chi connectivity index (χ2v) is 9.09. The van der Waals surface area contributed by atoms with Gasteiger partial charge in [-0.2, -0.15) is 24.8 Å². The van der Waals surface area contributed by atoms with E-state index >= 15 is 0 Å². The van der Waals surface area contributed by atoms with Crippen LogP contribution in [0.5, 0.6) is 0 Å². The maximum absolute atomic E-state index is 12.6. The highest BCUT2D eigenvalue weighted by Crippen LogP contribution is 2.36. The van der Waals surface area contributed by atoms with Crippen LogP contribution in [-0.2, 0) is 29.7 Å². The van der Waals surface area contributed by atoms with Gasteiger partial charge in [-0.15, -0.1) is 0 Å². The SMILES string of the molecule is CN1c2cc(Cl)c(S(N)(=O)=O)cc2S(=O)(=O)NC1[C@H](CO[NH+]([O-])O)O[NH+]([O-])O. The predicted octanol–water partition coefficient (Wildman–Crippen LogP) is -4.18. The fourth-order valence-corrected chi connectivity index (χ4v) is 5.16. The molecule has 1 aromatic rings. The number of primary sulfonamides is 1. The van der Waals surface area contributed by atoms with Crippen molar-refractivity contribution in [2.75, 3.05) is 18.6 Å². The Bertz CT molecular complexity index is 940. The molecule has 7 N–H and O–H groups in total. The van der Waals surface area contributed by atoms with Gasteiger partial charge in [0.2, 0.25) is 20.0 Å². The van der Waals surface area contributed by atoms with Gasteiger partial charge < -0.3 is 15.3 Å². The number of sulfonamides is 2. The van der Waals surface area contributed by atoms with Gasteiger partial charge in [0.15, 0.2) is 6.10 Å². The number of nitrogens with two attached hydrogens (primary N) is 1. The summed E-state index contributed by atoms with van der Waals surface area (Å²) >= 11 is 5.89. The third-order valence-electron chi connectivity index (χ3n) is 3.66. The molecule has 160 valence electrons. The molecular weight excluding hydrogens is 450 g/mol. The van der Waals surface area contributed by atoms with Crippen LogP contribution in [0.3, 0.4) is 0 Å². The van der Waals surface area contributed by atoms with Crippen LogP contribution < -0.4 is 25.5 Å². The molecule has 0 radical (unpaired) electrons. The lowest BCUT2D eigenvalue weighted by Crippen LogP contribution is -3.06. The molecule has 0 saturated heterocycles. The molecule has 4 atom stereocenters. The molecule has 3 unspecified atom stereocenters. The lowest BCUT2D eigenvalue weighted by Gasteiger charge is -2.39. The van der Waals surface area contributed by atoms with E-state index in [9.17, 15) is 27.3 Å². The van der Waals surface area contributed by atoms with Crippen molar-refractivity contribution in [2.45, 2.75) is 22.1 Å². The van der Waals surface area contributed by atoms with E-state index in [2.05, 4.69) is 14.4 Å². The molecule has 1 heterocycles. The molecule has 28 heavy (non-hydrogen) atoms. The maximum atomic E-state index is 12.6. The van der Waals surface area contributed by atoms with Gasteiger partial charge in [-0.1, -0.05) is 22.4 Å². The van der Waals surface area contributed by atoms with E-state index in [1.165, 1.54) is 11.9 Å². The van der Waals surface area contributed by atoms with Gasteiger partial charge in [-0.25, -0.2) is 22.0 Å². The van der Waals surface area contributed by atoms with Crippen molar-refractivity contribution >= 4 is 37.3 Å². The third-order valence-corrected chi connectivity index (χ3v) is 6.49. The van der Waals surface area contributed by atoms with Crippen LogP contribution in [0.4, 0.5) is 5.69 Å². The Morgan fingerprint density at radius 3 is 2.50 bits per heavy atom. The summed E-state index contributed by atoms with van der Waals surface area (Å²) in [5.41, 5.74) is -0.101. The first-order chi connectivity index (χ1) is 12.7. The van der Waals surface area contributed by atoms with E-state index in [0.717, 1.165) is 12.1 Å². The normalized spacial score (nSPS) is 22.4. The minimum atomic E-state index is -4.39. The summed E-state index contributed by atoms with van der Waals surface area (Å²) in [5.74, 6) is 0. The highest BCUT2D eigenvalue weighted by atomic mass is 35.5. The van der Waals surface area contributed by atoms with Gasteiger partial charge in [0.05, 0.1) is 10.7 Å². The zero-order valence-corrected chi connectivity index (χ0v) is 16.3. The molecule has 0 saturated carbocycles. The zero-order valence-electron chi connectivity index (χ0n) is 13.9. The smallest absolute Gasteiger partial charge is 0.244 e. The second-order valence-electron chi connectivity index (χ2n) is 5.47. The van der Waals surface area contributed by atoms with Crippen molar-refractivity contribution in [3.63, 3.8) is 0 Å². The summed E-state index contributed by atoms with van der Waals surface area (Å²) in [7, 11) is -7.40. The van der Waals surface area contributed by atoms with Crippen molar-refractivity contribution in [3.05, 3.63) is 27.6 Å². The Balaban J connectivity index is 2.53. The molecule has 0 spiro atoms. The Hall–Kier alpha value is -1.19. The molecule has 15 nitrogen and oxygen atoms in total. The molecule has 2 rings (SSSR count). The van der Waals surface area contributed by atoms with Crippen molar-refractivity contribution in [1.29, 1.82) is 0 Å². The van der Waals surface area contributed by atoms with Crippen LogP contribution in [0.2, 0.25) is 5.02 Å². The number of nitrogens with zero attached hydrogens (tertiary/aromatic N) is 1. The summed E-state index contributed by atoms with van der Waals surface area (Å²) in [6.07, 6.45) is -3.03. The highest BCUT2D eigenvalue weighted by molar-refractivity contribution is 7.90. The van der Waals surface area contributed by atoms with Gasteiger partial charge in [0.25, 0.3) is 0 Å². The fourth-order valence-electron chi connectivity index (χ4n) is 2.48. The number of benzene rings is 1. The monoisotopic (exact) mass is 465 g/mol. The van der Waals surface area contributed by atoms with E-state index in [1.807, 2.05) is 0 Å². The molecule has 18 heteroatoms. The summed E-state index contributed by atoms with van der Waals surface area (Å²) in [5, 5.41) is 40.0. The number of quaternary nitrogens is 2. The van der Waals surface area contributed by atoms with Crippen molar-refractivity contribution < 1.29 is 47.7 Å². The number of hydrogen-bond donors (Lipinski definition) is 6. The molecular formula is C10H16ClN5O10S2. The number of halogens is 1. The number of nitrogens with one attached hydrogen (secondary N) is 3. The van der Waals surface area contributed by atoms with Crippen LogP contribution >= 0.6 is 11.6 Å². The first-order valence-electron chi connectivity index (χ1n) is 7.11. The molecule has 1 aliphatic rings. The van der Waals surface area contributed by atoms with Crippen molar-refractivity contribution in [3.8, 4) is 0 Å². The molecule has 0 bridgehead atoms. The van der Waals surface area contributed by atoms with Gasteiger partial charge in [0.1, 0.15) is 22.6 Å². The van der Waals surface area contributed by atoms with E-state index in [-0.39, 0.29) is 10.7 Å². The second kappa shape index (κ2) is 8.28. The van der Waals surface area contributed by atoms with Crippen LogP contribution in [0.25, 0.3) is 0 Å². The quantitative estimate of drug-likeness (QED) is 0.212. The zero-order chi connectivity index (χ0) is 21.4. The third kappa shape index (κ3) is 5.04. The largest absolute Gasteiger partial charge is 0.566 e. The maximum Gasteiger partial charge on any atom is 0.244 e. The van der Waals surface area contributed by atoms with Crippen molar-refractivity contribution in [1.82, 2.24) is 4.72 Å². The van der Waals surface area contributed by atoms with Crippen LogP contribution in [0.1, 0.15) is 0 Å². The Kier molecular flexibility index (Phi) is 6.83. The molecule has 0 aliphatic carbocycles. The molecule has 1 aliphatic heterocycles. The first kappa shape index (κ1) is 23.1. The Morgan fingerprint density at radius 1 is 1.39 bits per heavy atom. The average molecular weight is 466 g/mol. The lowest BCUT2D eigenvalue weighted by molar-refractivity contribution is -1.22. The van der Waals surface area contributed by atoms with Gasteiger partial charge in [-0.05, 0) is 12.1 Å². The number of rotatable bonds is 7. The lowest BCUT2D eigenvalue weighted by atomic mass is 10.2. The minimum absolute atomic E-state index is 0.101. The minimum Gasteiger partial charge on any atom is -0.566 e. The molecule has 0 fully saturated rings. The van der Waals surface area contributed by atoms with Gasteiger partial charge in [-0.3, -0.25) is 0 Å². The van der Waals surface area contributed by atoms with E-state index in [4.69, 9.17) is 27.2 Å². The van der Waals surface area contributed by atoms with Gasteiger partial charge >= 0.3 is 0 Å². The van der Waals surface area contributed by atoms with E-state index < -0.39 is 59.5 Å². The summed E-state index contributed by atoms with van der Waals surface area (Å²) in [6, 6.07) is 1.76. The standard InChI is InChI=1S/C10H16ClN5O10S2/c1-14-6-2-5(11)8(27(12,21)22)3-9(6)28(23,24)13-10(14)7(26-16(19)20)4-25-15(17)18/h2-3,7,10,13,15-17,19H,4H2,1H3,(H2,12,21,22)/t7-,10?/m0/s1. The average Bonchev–Trinajstić information content (AvgIpc) is 2.53. The van der Waals surface area contributed by atoms with Gasteiger partial charge in [0, 0.05) is 7.05 Å². The van der Waals surface area contributed by atoms with Crippen molar-refractivity contribution in [2.24, 2.45) is 5.14 Å². The number of likely N-dealkylation sites (N-methyl/N-ethyl adjacent to an activating group) is 1. The molecule has 0 aromatic heterocycles. The fraction of sp³-hybridized carbons (Fsp3) is 0.400. The Labute approximate surface area is 163 Å². The molecule has 1 aromatic carbocycles. The highest BCUT2D eigenvalue weighted by Gasteiger charge is 2.41. The summed E-state index contributed by atoms with van der Waals surface area (Å²) in [4.78, 5) is 8.89. The predicted molar refractivity (Wildman–Crippen MR) is 88.4 cm³/mol. The topological polar surface area (TPSA) is 223 Å². The Morgan fingerprint density at radius 2 is 2.00 bits per heavy atom. The number of anilines is 1. The summed E-state index contributed by atoms with van der Waals surface area (Å²) in [6.45, 7) is -0.822. The number of hydrogen-bond acceptors (Lipinski definition) is 11. The summed E-state index contributed by atoms with van der Waals surface area (Å²) < 4.78 is 50.4. The van der Waals surface area contributed by atoms with Crippen LogP contribution in [-0.4, -0.2) is 53.2 Å². The first-order valence-corrected chi connectivity index (χ1v) is 10.5. The molecule has 0 amide bonds. The van der Waals surface area contributed by atoms with E-state index in [1.54, 1.807) is 0 Å². The number of fused-ring (bicyclic) bond motifs is 1. The van der Waals surface area contributed by atoms with E-state index in [0.29, 0.717) is 0 Å². The van der Waals surface area contributed by atoms with Crippen LogP contribution in [0.15, 0.2) is 21.9 Å².